The maximum absolute atomic E-state index is 12.8. The summed E-state index contributed by atoms with van der Waals surface area (Å²) >= 11 is 7.96. The van der Waals surface area contributed by atoms with Crippen LogP contribution in [0.4, 0.5) is 4.79 Å². The summed E-state index contributed by atoms with van der Waals surface area (Å²) in [5.74, 6) is 0.480. The molecule has 0 atom stereocenters. The molecule has 7 heteroatoms. The van der Waals surface area contributed by atoms with Gasteiger partial charge in [-0.1, -0.05) is 64.5 Å². The van der Waals surface area contributed by atoms with Gasteiger partial charge in [0, 0.05) is 11.0 Å². The molecular weight excluding hydrogens is 566 g/mol. The van der Waals surface area contributed by atoms with Crippen LogP contribution in [-0.2, 0) is 17.8 Å². The molecule has 0 radical (unpaired) electrons. The van der Waals surface area contributed by atoms with Crippen molar-refractivity contribution in [3.63, 3.8) is 0 Å². The summed E-state index contributed by atoms with van der Waals surface area (Å²) in [5, 5.41) is -0.215. The summed E-state index contributed by atoms with van der Waals surface area (Å²) in [5.41, 5.74) is 3.09. The first-order valence-corrected chi connectivity index (χ1v) is 12.9. The van der Waals surface area contributed by atoms with Gasteiger partial charge in [-0.05, 0) is 87.6 Å². The second kappa shape index (κ2) is 11.2. The number of hydrogen-bond acceptors (Lipinski definition) is 4. The number of imide groups is 1. The zero-order valence-corrected chi connectivity index (χ0v) is 21.7. The molecule has 1 aliphatic heterocycles. The minimum Gasteiger partial charge on any atom is -0.488 e. The Balaban J connectivity index is 1.36. The Kier molecular flexibility index (Phi) is 8.06. The van der Waals surface area contributed by atoms with Crippen molar-refractivity contribution in [1.82, 2.24) is 4.90 Å². The van der Waals surface area contributed by atoms with Crippen molar-refractivity contribution < 1.29 is 14.3 Å². The lowest BCUT2D eigenvalue weighted by molar-refractivity contribution is -0.122. The summed E-state index contributed by atoms with van der Waals surface area (Å²) in [6.45, 7) is 0.872. The van der Waals surface area contributed by atoms with Crippen LogP contribution in [0.5, 0.6) is 5.75 Å². The van der Waals surface area contributed by atoms with Gasteiger partial charge >= 0.3 is 0 Å². The summed E-state index contributed by atoms with van der Waals surface area (Å²) in [7, 11) is 0. The molecule has 0 saturated carbocycles. The van der Waals surface area contributed by atoms with Gasteiger partial charge in [-0.25, -0.2) is 0 Å². The second-order valence-electron chi connectivity index (χ2n) is 7.53. The number of ether oxygens (including phenoxy) is 1. The number of benzene rings is 3. The van der Waals surface area contributed by atoms with Crippen molar-refractivity contribution in [2.45, 2.75) is 19.4 Å². The summed E-state index contributed by atoms with van der Waals surface area (Å²) in [6.07, 6.45) is 3.33. The van der Waals surface area contributed by atoms with Crippen LogP contribution in [-0.4, -0.2) is 22.6 Å². The highest BCUT2D eigenvalue weighted by atomic mass is 79.9. The third-order valence-corrected chi connectivity index (χ3v) is 7.18. The maximum Gasteiger partial charge on any atom is 0.293 e. The molecule has 0 N–H and O–H groups in total. The van der Waals surface area contributed by atoms with E-state index in [1.165, 1.54) is 10.5 Å². The van der Waals surface area contributed by atoms with Crippen LogP contribution < -0.4 is 4.74 Å². The molecule has 1 saturated heterocycles. The third kappa shape index (κ3) is 6.37. The van der Waals surface area contributed by atoms with Crippen LogP contribution in [0.3, 0.4) is 0 Å². The summed E-state index contributed by atoms with van der Waals surface area (Å²) < 4.78 is 7.72. The van der Waals surface area contributed by atoms with Crippen molar-refractivity contribution in [2.75, 3.05) is 6.54 Å². The molecular formula is C26H21Br2NO3S. The lowest BCUT2D eigenvalue weighted by Crippen LogP contribution is -2.29. The number of aryl methyl sites for hydroxylation is 1. The average molecular weight is 587 g/mol. The first-order chi connectivity index (χ1) is 16.0. The highest BCUT2D eigenvalue weighted by Gasteiger charge is 2.34. The topological polar surface area (TPSA) is 46.6 Å². The molecule has 33 heavy (non-hydrogen) atoms. The molecule has 1 heterocycles. The Bertz CT molecular complexity index is 1180. The Morgan fingerprint density at radius 2 is 1.67 bits per heavy atom. The predicted octanol–water partition coefficient (Wildman–Crippen LogP) is 7.46. The Hall–Kier alpha value is -2.35. The number of carbonyl (C=O) groups excluding carboxylic acids is 2. The number of thioether (sulfide) groups is 1. The van der Waals surface area contributed by atoms with Gasteiger partial charge in [-0.15, -0.1) is 0 Å². The van der Waals surface area contributed by atoms with E-state index in [1.54, 1.807) is 6.08 Å². The number of rotatable bonds is 8. The molecule has 1 aliphatic rings. The normalized spacial score (nSPS) is 14.8. The molecule has 3 aromatic rings. The fraction of sp³-hybridized carbons (Fsp3) is 0.154. The van der Waals surface area contributed by atoms with Crippen LogP contribution in [0.1, 0.15) is 23.1 Å². The first kappa shape index (κ1) is 23.8. The van der Waals surface area contributed by atoms with Crippen LogP contribution >= 0.6 is 43.6 Å². The zero-order valence-electron chi connectivity index (χ0n) is 17.7. The van der Waals surface area contributed by atoms with Gasteiger partial charge in [0.15, 0.2) is 0 Å². The van der Waals surface area contributed by atoms with Crippen molar-refractivity contribution in [3.05, 3.63) is 103 Å². The van der Waals surface area contributed by atoms with Crippen LogP contribution in [0, 0.1) is 0 Å². The van der Waals surface area contributed by atoms with Gasteiger partial charge in [-0.3, -0.25) is 14.5 Å². The highest BCUT2D eigenvalue weighted by molar-refractivity contribution is 9.10. The third-order valence-electron chi connectivity index (χ3n) is 5.12. The summed E-state index contributed by atoms with van der Waals surface area (Å²) in [6, 6.07) is 23.7. The molecule has 1 fully saturated rings. The van der Waals surface area contributed by atoms with E-state index in [9.17, 15) is 9.59 Å². The van der Waals surface area contributed by atoms with Crippen LogP contribution in [0.2, 0.25) is 0 Å². The largest absolute Gasteiger partial charge is 0.488 e. The van der Waals surface area contributed by atoms with E-state index in [1.807, 2.05) is 60.7 Å². The molecule has 4 nitrogen and oxygen atoms in total. The Morgan fingerprint density at radius 1 is 0.909 bits per heavy atom. The zero-order chi connectivity index (χ0) is 23.2. The molecule has 3 aromatic carbocycles. The monoisotopic (exact) mass is 585 g/mol. The smallest absolute Gasteiger partial charge is 0.293 e. The molecule has 0 bridgehead atoms. The minimum atomic E-state index is -0.232. The molecule has 0 aromatic heterocycles. The number of carbonyl (C=O) groups is 2. The van der Waals surface area contributed by atoms with E-state index in [4.69, 9.17) is 4.74 Å². The van der Waals surface area contributed by atoms with Gasteiger partial charge in [-0.2, -0.15) is 0 Å². The lowest BCUT2D eigenvalue weighted by Gasteiger charge is -2.12. The highest BCUT2D eigenvalue weighted by Crippen LogP contribution is 2.34. The van der Waals surface area contributed by atoms with Crippen molar-refractivity contribution in [3.8, 4) is 5.75 Å². The van der Waals surface area contributed by atoms with E-state index in [2.05, 4.69) is 44.0 Å². The van der Waals surface area contributed by atoms with Gasteiger partial charge in [0.25, 0.3) is 11.1 Å². The van der Waals surface area contributed by atoms with E-state index in [0.717, 1.165) is 44.7 Å². The average Bonchev–Trinajstić information content (AvgIpc) is 3.07. The molecule has 0 unspecified atom stereocenters. The number of hydrogen-bond donors (Lipinski definition) is 0. The minimum absolute atomic E-state index is 0.215. The SMILES string of the molecule is O=C1S/C(=C/c2ccc(OCc3ccc(Br)cc3)c(Br)c2)C(=O)N1CCCc1ccccc1. The molecule has 168 valence electrons. The number of nitrogens with zero attached hydrogens (tertiary/aromatic N) is 1. The van der Waals surface area contributed by atoms with E-state index in [0.29, 0.717) is 23.8 Å². The van der Waals surface area contributed by atoms with Gasteiger partial charge in [0.1, 0.15) is 12.4 Å². The quantitative estimate of drug-likeness (QED) is 0.257. The number of amides is 2. The van der Waals surface area contributed by atoms with Gasteiger partial charge < -0.3 is 4.74 Å². The van der Waals surface area contributed by atoms with E-state index >= 15 is 0 Å². The Labute approximate surface area is 214 Å². The standard InChI is InChI=1S/C26H21Br2NO3S/c27-21-11-8-19(9-12-21)17-32-23-13-10-20(15-22(23)28)16-24-25(30)29(26(31)33-24)14-4-7-18-5-2-1-3-6-18/h1-3,5-6,8-13,15-16H,4,7,14,17H2/b24-16+. The van der Waals surface area contributed by atoms with Gasteiger partial charge in [0.2, 0.25) is 0 Å². The predicted molar refractivity (Wildman–Crippen MR) is 140 cm³/mol. The lowest BCUT2D eigenvalue weighted by atomic mass is 10.1. The van der Waals surface area contributed by atoms with Crippen molar-refractivity contribution in [1.29, 1.82) is 0 Å². The van der Waals surface area contributed by atoms with Crippen LogP contribution in [0.15, 0.2) is 86.6 Å². The van der Waals surface area contributed by atoms with Crippen LogP contribution in [0.25, 0.3) is 6.08 Å². The van der Waals surface area contributed by atoms with E-state index in [-0.39, 0.29) is 11.1 Å². The Morgan fingerprint density at radius 3 is 2.39 bits per heavy atom. The molecule has 4 rings (SSSR count). The second-order valence-corrected chi connectivity index (χ2v) is 10.3. The molecule has 0 aliphatic carbocycles. The maximum atomic E-state index is 12.8. The van der Waals surface area contributed by atoms with Gasteiger partial charge in [0.05, 0.1) is 9.38 Å². The fourth-order valence-electron chi connectivity index (χ4n) is 3.40. The first-order valence-electron chi connectivity index (χ1n) is 10.5. The molecule has 0 spiro atoms. The summed E-state index contributed by atoms with van der Waals surface area (Å²) in [4.78, 5) is 26.9. The fourth-order valence-corrected chi connectivity index (χ4v) is 5.04. The van der Waals surface area contributed by atoms with E-state index < -0.39 is 0 Å². The van der Waals surface area contributed by atoms with Crippen molar-refractivity contribution in [2.24, 2.45) is 0 Å². The van der Waals surface area contributed by atoms with Crippen molar-refractivity contribution >= 4 is 60.8 Å². The number of halogens is 2. The molecule has 2 amide bonds.